The largest absolute Gasteiger partial charge is 0.298 e. The number of Topliss-reactive ketones (excluding diaryl/α,β-unsaturated/α-hetero) is 1. The van der Waals surface area contributed by atoms with E-state index in [1.807, 2.05) is 0 Å². The molecule has 0 N–H and O–H groups in total. The Bertz CT molecular complexity index is 142. The maximum absolute atomic E-state index is 10.9. The van der Waals surface area contributed by atoms with Crippen molar-refractivity contribution in [2.45, 2.75) is 12.8 Å². The topological polar surface area (TPSA) is 17.1 Å². The number of hydrogen-bond donors (Lipinski definition) is 0. The van der Waals surface area contributed by atoms with Gasteiger partial charge >= 0.3 is 0 Å². The van der Waals surface area contributed by atoms with Crippen molar-refractivity contribution in [2.24, 2.45) is 11.8 Å². The molecular weight excluding hydrogens is 100 g/mol. The third-order valence-electron chi connectivity index (χ3n) is 2.10. The molecule has 1 nitrogen and oxygen atoms in total. The minimum Gasteiger partial charge on any atom is -0.298 e. The van der Waals surface area contributed by atoms with Crippen LogP contribution in [0.4, 0.5) is 0 Å². The summed E-state index contributed by atoms with van der Waals surface area (Å²) >= 11 is 0. The molecule has 0 aliphatic heterocycles. The minimum atomic E-state index is 0.319. The van der Waals surface area contributed by atoms with Gasteiger partial charge in [-0.05, 0) is 12.8 Å². The van der Waals surface area contributed by atoms with Crippen LogP contribution in [0.1, 0.15) is 12.8 Å². The standard InChI is InChI=1S/C7H8O/c8-7-5-1-2-6(7)4-3-5/h1-2,5-6H,3-4H2/t5-,6-/m0/s1. The van der Waals surface area contributed by atoms with E-state index in [4.69, 9.17) is 0 Å². The SMILES string of the molecule is O=C1[C@H]2C=C[C@H]1CC2. The number of hydrogen-bond acceptors (Lipinski definition) is 1. The first-order valence-corrected chi connectivity index (χ1v) is 3.10. The lowest BCUT2D eigenvalue weighted by molar-refractivity contribution is -0.120. The molecule has 2 rings (SSSR count). The number of fused-ring (bicyclic) bond motifs is 2. The Morgan fingerprint density at radius 3 is 1.88 bits per heavy atom. The fourth-order valence-corrected chi connectivity index (χ4v) is 1.57. The Morgan fingerprint density at radius 2 is 1.75 bits per heavy atom. The fraction of sp³-hybridized carbons (Fsp3) is 0.571. The van der Waals surface area contributed by atoms with Gasteiger partial charge in [-0.3, -0.25) is 4.79 Å². The van der Waals surface area contributed by atoms with E-state index in [1.165, 1.54) is 0 Å². The van der Waals surface area contributed by atoms with E-state index in [0.717, 1.165) is 12.8 Å². The summed E-state index contributed by atoms with van der Waals surface area (Å²) in [5.74, 6) is 1.10. The normalized spacial score (nSPS) is 41.8. The molecule has 1 saturated carbocycles. The molecule has 0 saturated heterocycles. The predicted molar refractivity (Wildman–Crippen MR) is 30.4 cm³/mol. The van der Waals surface area contributed by atoms with E-state index in [-0.39, 0.29) is 0 Å². The molecule has 42 valence electrons. The summed E-state index contributed by atoms with van der Waals surface area (Å²) in [7, 11) is 0. The van der Waals surface area contributed by atoms with Gasteiger partial charge in [-0.2, -0.15) is 0 Å². The van der Waals surface area contributed by atoms with Crippen molar-refractivity contribution >= 4 is 5.78 Å². The van der Waals surface area contributed by atoms with E-state index in [1.54, 1.807) is 0 Å². The average molecular weight is 108 g/mol. The molecule has 8 heavy (non-hydrogen) atoms. The predicted octanol–water partition coefficient (Wildman–Crippen LogP) is 1.15. The van der Waals surface area contributed by atoms with Gasteiger partial charge in [0.25, 0.3) is 0 Å². The van der Waals surface area contributed by atoms with Gasteiger partial charge < -0.3 is 0 Å². The van der Waals surface area contributed by atoms with E-state index >= 15 is 0 Å². The fourth-order valence-electron chi connectivity index (χ4n) is 1.57. The molecular formula is C7H8O. The molecule has 2 atom stereocenters. The molecule has 0 aromatic heterocycles. The number of carbonyl (C=O) groups excluding carboxylic acids is 1. The van der Waals surface area contributed by atoms with Crippen LogP contribution in [0.3, 0.4) is 0 Å². The highest BCUT2D eigenvalue weighted by atomic mass is 16.1. The molecule has 0 radical (unpaired) electrons. The lowest BCUT2D eigenvalue weighted by atomic mass is 10.1. The first kappa shape index (κ1) is 4.30. The molecule has 0 amide bonds. The molecule has 0 aromatic rings. The lowest BCUT2D eigenvalue weighted by Gasteiger charge is -1.94. The zero-order valence-corrected chi connectivity index (χ0v) is 4.63. The highest BCUT2D eigenvalue weighted by Crippen LogP contribution is 2.34. The minimum absolute atomic E-state index is 0.319. The van der Waals surface area contributed by atoms with Crippen LogP contribution in [0.2, 0.25) is 0 Å². The Morgan fingerprint density at radius 1 is 1.25 bits per heavy atom. The number of allylic oxidation sites excluding steroid dienone is 2. The van der Waals surface area contributed by atoms with Gasteiger partial charge in [-0.15, -0.1) is 0 Å². The van der Waals surface area contributed by atoms with Crippen molar-refractivity contribution in [1.82, 2.24) is 0 Å². The smallest absolute Gasteiger partial charge is 0.146 e. The van der Waals surface area contributed by atoms with Crippen molar-refractivity contribution in [3.63, 3.8) is 0 Å². The molecule has 0 spiro atoms. The Kier molecular flexibility index (Phi) is 0.655. The highest BCUT2D eigenvalue weighted by Gasteiger charge is 2.35. The van der Waals surface area contributed by atoms with E-state index in [2.05, 4.69) is 12.2 Å². The summed E-state index contributed by atoms with van der Waals surface area (Å²) in [6.07, 6.45) is 6.33. The molecule has 0 heterocycles. The number of ketones is 1. The van der Waals surface area contributed by atoms with Crippen LogP contribution in [0, 0.1) is 11.8 Å². The Labute approximate surface area is 48.4 Å². The second kappa shape index (κ2) is 1.22. The van der Waals surface area contributed by atoms with Crippen LogP contribution in [0.25, 0.3) is 0 Å². The van der Waals surface area contributed by atoms with Crippen molar-refractivity contribution in [1.29, 1.82) is 0 Å². The summed E-state index contributed by atoms with van der Waals surface area (Å²) < 4.78 is 0. The quantitative estimate of drug-likeness (QED) is 0.425. The summed E-state index contributed by atoms with van der Waals surface area (Å²) in [6, 6.07) is 0. The van der Waals surface area contributed by atoms with Crippen molar-refractivity contribution in [3.8, 4) is 0 Å². The van der Waals surface area contributed by atoms with Crippen molar-refractivity contribution in [3.05, 3.63) is 12.2 Å². The van der Waals surface area contributed by atoms with Crippen LogP contribution in [-0.4, -0.2) is 5.78 Å². The van der Waals surface area contributed by atoms with Crippen molar-refractivity contribution < 1.29 is 4.79 Å². The molecule has 0 aromatic carbocycles. The third kappa shape index (κ3) is 0.347. The van der Waals surface area contributed by atoms with E-state index in [9.17, 15) is 4.79 Å². The Hall–Kier alpha value is -0.590. The van der Waals surface area contributed by atoms with Gasteiger partial charge in [-0.25, -0.2) is 0 Å². The molecule has 2 bridgehead atoms. The van der Waals surface area contributed by atoms with Crippen molar-refractivity contribution in [2.75, 3.05) is 0 Å². The van der Waals surface area contributed by atoms with E-state index in [0.29, 0.717) is 17.6 Å². The van der Waals surface area contributed by atoms with Crippen LogP contribution in [0.5, 0.6) is 0 Å². The summed E-state index contributed by atoms with van der Waals surface area (Å²) in [5.41, 5.74) is 0. The van der Waals surface area contributed by atoms with Gasteiger partial charge in [0.1, 0.15) is 5.78 Å². The third-order valence-corrected chi connectivity index (χ3v) is 2.10. The van der Waals surface area contributed by atoms with Gasteiger partial charge in [0.15, 0.2) is 0 Å². The second-order valence-electron chi connectivity index (χ2n) is 2.58. The van der Waals surface area contributed by atoms with Crippen LogP contribution >= 0.6 is 0 Å². The highest BCUT2D eigenvalue weighted by molar-refractivity contribution is 5.91. The first-order valence-electron chi connectivity index (χ1n) is 3.10. The maximum atomic E-state index is 10.9. The lowest BCUT2D eigenvalue weighted by Crippen LogP contribution is -2.02. The summed E-state index contributed by atoms with van der Waals surface area (Å²) in [6.45, 7) is 0. The van der Waals surface area contributed by atoms with Gasteiger partial charge in [0.2, 0.25) is 0 Å². The molecule has 1 heteroatoms. The molecule has 1 fully saturated rings. The van der Waals surface area contributed by atoms with Gasteiger partial charge in [-0.1, -0.05) is 12.2 Å². The zero-order chi connectivity index (χ0) is 5.56. The Balaban J connectivity index is 2.39. The van der Waals surface area contributed by atoms with Crippen LogP contribution in [-0.2, 0) is 4.79 Å². The maximum Gasteiger partial charge on any atom is 0.146 e. The molecule has 2 aliphatic rings. The molecule has 2 aliphatic carbocycles. The summed E-state index contributed by atoms with van der Waals surface area (Å²) in [5, 5.41) is 0. The number of rotatable bonds is 0. The number of carbonyl (C=O) groups is 1. The average Bonchev–Trinajstić information content (AvgIpc) is 2.29. The van der Waals surface area contributed by atoms with Crippen LogP contribution in [0.15, 0.2) is 12.2 Å². The zero-order valence-electron chi connectivity index (χ0n) is 4.63. The first-order chi connectivity index (χ1) is 3.88. The van der Waals surface area contributed by atoms with Gasteiger partial charge in [0.05, 0.1) is 0 Å². The molecule has 0 unspecified atom stereocenters. The van der Waals surface area contributed by atoms with Crippen LogP contribution < -0.4 is 0 Å². The summed E-state index contributed by atoms with van der Waals surface area (Å²) in [4.78, 5) is 10.9. The monoisotopic (exact) mass is 108 g/mol. The second-order valence-corrected chi connectivity index (χ2v) is 2.58. The van der Waals surface area contributed by atoms with E-state index < -0.39 is 0 Å². The van der Waals surface area contributed by atoms with Gasteiger partial charge in [0, 0.05) is 11.8 Å².